The Hall–Kier alpha value is -1.63. The number of alkyl halides is 3. The molecule has 0 radical (unpaired) electrons. The molecule has 1 saturated heterocycles. The molecular formula is C16H19F3N2O2. The Balaban J connectivity index is 1.80. The lowest BCUT2D eigenvalue weighted by Gasteiger charge is -2.59. The Morgan fingerprint density at radius 1 is 1.43 bits per heavy atom. The molecule has 2 fully saturated rings. The minimum absolute atomic E-state index is 0.0566. The third kappa shape index (κ3) is 2.71. The van der Waals surface area contributed by atoms with E-state index in [0.29, 0.717) is 12.8 Å². The fourth-order valence-corrected chi connectivity index (χ4v) is 3.85. The summed E-state index contributed by atoms with van der Waals surface area (Å²) >= 11 is 0. The van der Waals surface area contributed by atoms with Gasteiger partial charge >= 0.3 is 6.18 Å². The van der Waals surface area contributed by atoms with Crippen molar-refractivity contribution in [2.24, 2.45) is 11.3 Å². The van der Waals surface area contributed by atoms with Gasteiger partial charge in [-0.05, 0) is 18.9 Å². The van der Waals surface area contributed by atoms with Gasteiger partial charge in [0.15, 0.2) is 0 Å². The van der Waals surface area contributed by atoms with E-state index in [4.69, 9.17) is 4.74 Å². The number of nitrogens with one attached hydrogen (secondary N) is 1. The Labute approximate surface area is 132 Å². The molecule has 1 aromatic rings. The predicted molar refractivity (Wildman–Crippen MR) is 76.7 cm³/mol. The number of pyridine rings is 1. The van der Waals surface area contributed by atoms with Crippen LogP contribution in [0, 0.1) is 11.3 Å². The van der Waals surface area contributed by atoms with Crippen LogP contribution in [-0.4, -0.2) is 29.6 Å². The van der Waals surface area contributed by atoms with Gasteiger partial charge in [-0.15, -0.1) is 0 Å². The Kier molecular flexibility index (Phi) is 3.86. The Morgan fingerprint density at radius 2 is 2.17 bits per heavy atom. The molecule has 7 heteroatoms. The summed E-state index contributed by atoms with van der Waals surface area (Å²) in [5.41, 5.74) is -1.68. The number of ether oxygens (including phenoxy) is 1. The summed E-state index contributed by atoms with van der Waals surface area (Å²) in [7, 11) is 0. The molecule has 2 heterocycles. The number of hydrogen-bond acceptors (Lipinski definition) is 3. The molecule has 0 spiro atoms. The van der Waals surface area contributed by atoms with E-state index in [1.54, 1.807) is 0 Å². The van der Waals surface area contributed by atoms with Crippen molar-refractivity contribution in [1.29, 1.82) is 0 Å². The van der Waals surface area contributed by atoms with E-state index in [1.807, 2.05) is 13.8 Å². The zero-order chi connectivity index (χ0) is 16.8. The molecule has 2 aliphatic rings. The normalized spacial score (nSPS) is 29.3. The molecule has 126 valence electrons. The van der Waals surface area contributed by atoms with Crippen LogP contribution in [0.1, 0.15) is 42.6 Å². The van der Waals surface area contributed by atoms with Crippen molar-refractivity contribution in [2.75, 3.05) is 6.61 Å². The van der Waals surface area contributed by atoms with Gasteiger partial charge < -0.3 is 10.1 Å². The number of halogens is 3. The van der Waals surface area contributed by atoms with Gasteiger partial charge in [-0.25, -0.2) is 0 Å². The fourth-order valence-electron chi connectivity index (χ4n) is 3.85. The maximum Gasteiger partial charge on any atom is 0.418 e. The number of fused-ring (bicyclic) bond motifs is 1. The second kappa shape index (κ2) is 5.47. The van der Waals surface area contributed by atoms with E-state index < -0.39 is 17.6 Å². The number of amides is 1. The number of nitrogens with zero attached hydrogens (tertiary/aromatic N) is 1. The lowest BCUT2D eigenvalue weighted by atomic mass is 9.55. The number of carbonyl (C=O) groups excluding carboxylic acids is 1. The summed E-state index contributed by atoms with van der Waals surface area (Å²) in [4.78, 5) is 15.9. The van der Waals surface area contributed by atoms with Crippen molar-refractivity contribution in [1.82, 2.24) is 10.3 Å². The lowest BCUT2D eigenvalue weighted by molar-refractivity contribution is -0.189. The van der Waals surface area contributed by atoms with E-state index in [-0.39, 0.29) is 29.0 Å². The molecule has 1 aromatic heterocycles. The largest absolute Gasteiger partial charge is 0.418 e. The molecule has 3 unspecified atom stereocenters. The topological polar surface area (TPSA) is 51.2 Å². The van der Waals surface area contributed by atoms with Crippen molar-refractivity contribution in [3.63, 3.8) is 0 Å². The average molecular weight is 328 g/mol. The van der Waals surface area contributed by atoms with Crippen molar-refractivity contribution >= 4 is 5.91 Å². The molecule has 0 bridgehead atoms. The quantitative estimate of drug-likeness (QED) is 0.908. The van der Waals surface area contributed by atoms with E-state index >= 15 is 0 Å². The highest BCUT2D eigenvalue weighted by Crippen LogP contribution is 2.51. The van der Waals surface area contributed by atoms with Gasteiger partial charge in [0.05, 0.1) is 17.2 Å². The second-order valence-electron chi connectivity index (χ2n) is 6.79. The number of hydrogen-bond donors (Lipinski definition) is 1. The van der Waals surface area contributed by atoms with E-state index in [9.17, 15) is 18.0 Å². The molecule has 1 aliphatic heterocycles. The molecule has 1 N–H and O–H groups in total. The van der Waals surface area contributed by atoms with Gasteiger partial charge in [-0.2, -0.15) is 13.2 Å². The van der Waals surface area contributed by atoms with Crippen LogP contribution >= 0.6 is 0 Å². The van der Waals surface area contributed by atoms with E-state index in [0.717, 1.165) is 18.9 Å². The summed E-state index contributed by atoms with van der Waals surface area (Å²) in [5, 5.41) is 2.79. The summed E-state index contributed by atoms with van der Waals surface area (Å²) in [6.07, 6.45) is -0.836. The van der Waals surface area contributed by atoms with Crippen LogP contribution in [0.15, 0.2) is 18.5 Å². The smallest absolute Gasteiger partial charge is 0.377 e. The summed E-state index contributed by atoms with van der Waals surface area (Å²) in [6.45, 7) is 4.65. The minimum Gasteiger partial charge on any atom is -0.377 e. The first-order valence-corrected chi connectivity index (χ1v) is 7.66. The number of aromatic nitrogens is 1. The van der Waals surface area contributed by atoms with Crippen molar-refractivity contribution in [3.05, 3.63) is 29.6 Å². The van der Waals surface area contributed by atoms with Crippen LogP contribution in [0.25, 0.3) is 0 Å². The third-order valence-electron chi connectivity index (χ3n) is 4.99. The summed E-state index contributed by atoms with van der Waals surface area (Å²) < 4.78 is 44.8. The third-order valence-corrected chi connectivity index (χ3v) is 4.99. The monoisotopic (exact) mass is 328 g/mol. The highest BCUT2D eigenvalue weighted by atomic mass is 19.4. The molecule has 23 heavy (non-hydrogen) atoms. The van der Waals surface area contributed by atoms with Gasteiger partial charge in [0.2, 0.25) is 0 Å². The van der Waals surface area contributed by atoms with Crippen molar-refractivity contribution in [2.45, 2.75) is 45.0 Å². The molecule has 1 amide bonds. The lowest BCUT2D eigenvalue weighted by Crippen LogP contribution is -2.70. The van der Waals surface area contributed by atoms with Crippen LogP contribution in [-0.2, 0) is 10.9 Å². The zero-order valence-electron chi connectivity index (χ0n) is 13.0. The molecule has 1 saturated carbocycles. The first kappa shape index (κ1) is 16.2. The Bertz CT molecular complexity index is 616. The molecule has 3 atom stereocenters. The number of rotatable bonds is 2. The van der Waals surface area contributed by atoms with Crippen LogP contribution in [0.2, 0.25) is 0 Å². The first-order valence-electron chi connectivity index (χ1n) is 7.66. The highest BCUT2D eigenvalue weighted by Gasteiger charge is 2.58. The van der Waals surface area contributed by atoms with Crippen molar-refractivity contribution < 1.29 is 22.7 Å². The second-order valence-corrected chi connectivity index (χ2v) is 6.79. The summed E-state index contributed by atoms with van der Waals surface area (Å²) in [6, 6.07) is 0.924. The van der Waals surface area contributed by atoms with Crippen LogP contribution in [0.3, 0.4) is 0 Å². The molecule has 1 aliphatic carbocycles. The van der Waals surface area contributed by atoms with Crippen LogP contribution in [0.4, 0.5) is 13.2 Å². The van der Waals surface area contributed by atoms with Crippen molar-refractivity contribution in [3.8, 4) is 0 Å². The highest BCUT2D eigenvalue weighted by molar-refractivity contribution is 5.96. The number of carbonyl (C=O) groups is 1. The standard InChI is InChI=1S/C16H19F3N2O2/c1-15(2)12(10-4-3-7-23-13(10)15)21-14(22)9-5-6-20-8-11(9)16(17,18)19/h5-6,8,10,12-13H,3-4,7H2,1-2H3,(H,21,22). The van der Waals surface area contributed by atoms with Gasteiger partial charge in [0.25, 0.3) is 5.91 Å². The van der Waals surface area contributed by atoms with E-state index in [2.05, 4.69) is 10.3 Å². The van der Waals surface area contributed by atoms with Gasteiger partial charge in [-0.1, -0.05) is 13.8 Å². The predicted octanol–water partition coefficient (Wildman–Crippen LogP) is 3.03. The first-order chi connectivity index (χ1) is 10.7. The maximum atomic E-state index is 13.0. The molecular weight excluding hydrogens is 309 g/mol. The van der Waals surface area contributed by atoms with Crippen LogP contribution in [0.5, 0.6) is 0 Å². The van der Waals surface area contributed by atoms with Gasteiger partial charge in [0.1, 0.15) is 0 Å². The SMILES string of the molecule is CC1(C)C(NC(=O)c2ccncc2C(F)(F)F)C2CCCOC21. The molecule has 4 nitrogen and oxygen atoms in total. The van der Waals surface area contributed by atoms with Gasteiger partial charge in [0, 0.05) is 36.4 Å². The maximum absolute atomic E-state index is 13.0. The average Bonchev–Trinajstić information content (AvgIpc) is 2.51. The fraction of sp³-hybridized carbons (Fsp3) is 0.625. The van der Waals surface area contributed by atoms with Gasteiger partial charge in [-0.3, -0.25) is 9.78 Å². The van der Waals surface area contributed by atoms with E-state index in [1.165, 1.54) is 6.20 Å². The minimum atomic E-state index is -4.60. The summed E-state index contributed by atoms with van der Waals surface area (Å²) in [5.74, 6) is -0.541. The zero-order valence-corrected chi connectivity index (χ0v) is 13.0. The van der Waals surface area contributed by atoms with Crippen LogP contribution < -0.4 is 5.32 Å². The molecule has 3 rings (SSSR count). The molecule has 0 aromatic carbocycles. The Morgan fingerprint density at radius 3 is 2.87 bits per heavy atom.